The summed E-state index contributed by atoms with van der Waals surface area (Å²) in [6, 6.07) is 4.88. The average Bonchev–Trinajstić information content (AvgIpc) is 3.39. The molecule has 0 spiro atoms. The molecule has 1 saturated carbocycles. The molecule has 1 aliphatic heterocycles. The van der Waals surface area contributed by atoms with Gasteiger partial charge in [0.2, 0.25) is 0 Å². The van der Waals surface area contributed by atoms with Crippen LogP contribution in [0.2, 0.25) is 0 Å². The van der Waals surface area contributed by atoms with Gasteiger partial charge >= 0.3 is 0 Å². The minimum atomic E-state index is -0.147. The van der Waals surface area contributed by atoms with Crippen LogP contribution in [0.3, 0.4) is 0 Å². The summed E-state index contributed by atoms with van der Waals surface area (Å²) in [6.45, 7) is 3.34. The maximum atomic E-state index is 13.1. The van der Waals surface area contributed by atoms with Crippen molar-refractivity contribution < 1.29 is 14.6 Å². The van der Waals surface area contributed by atoms with Crippen molar-refractivity contribution in [1.29, 1.82) is 0 Å². The van der Waals surface area contributed by atoms with Gasteiger partial charge in [0, 0.05) is 19.2 Å². The lowest BCUT2D eigenvalue weighted by atomic mass is 10.0. The number of ether oxygens (including phenoxy) is 1. The van der Waals surface area contributed by atoms with Gasteiger partial charge in [-0.25, -0.2) is 4.68 Å². The Bertz CT molecular complexity index is 791. The second-order valence-electron chi connectivity index (χ2n) is 7.44. The van der Waals surface area contributed by atoms with E-state index >= 15 is 0 Å². The Balaban J connectivity index is 1.51. The van der Waals surface area contributed by atoms with Gasteiger partial charge in [-0.1, -0.05) is 19.8 Å². The molecule has 2 fully saturated rings. The predicted octanol–water partition coefficient (Wildman–Crippen LogP) is 2.18. The zero-order valence-electron chi connectivity index (χ0n) is 15.5. The van der Waals surface area contributed by atoms with Crippen molar-refractivity contribution in [2.45, 2.75) is 51.2 Å². The predicted molar refractivity (Wildman–Crippen MR) is 97.6 cm³/mol. The smallest absolute Gasteiger partial charge is 0.257 e. The zero-order chi connectivity index (χ0) is 18.8. The molecule has 8 heteroatoms. The van der Waals surface area contributed by atoms with E-state index in [9.17, 15) is 9.90 Å². The van der Waals surface area contributed by atoms with Gasteiger partial charge in [0.25, 0.3) is 5.91 Å². The molecule has 0 radical (unpaired) electrons. The van der Waals surface area contributed by atoms with Gasteiger partial charge in [-0.2, -0.15) is 0 Å². The van der Waals surface area contributed by atoms with Gasteiger partial charge in [-0.05, 0) is 47.7 Å². The van der Waals surface area contributed by atoms with Crippen molar-refractivity contribution in [1.82, 2.24) is 25.1 Å². The first-order valence-electron chi connectivity index (χ1n) is 9.66. The van der Waals surface area contributed by atoms with Crippen molar-refractivity contribution in [3.05, 3.63) is 30.1 Å². The molecule has 2 atom stereocenters. The van der Waals surface area contributed by atoms with Crippen LogP contribution < -0.4 is 0 Å². The summed E-state index contributed by atoms with van der Waals surface area (Å²) in [4.78, 5) is 14.9. The Morgan fingerprint density at radius 2 is 2.19 bits per heavy atom. The molecule has 8 nitrogen and oxygen atoms in total. The number of phenols is 1. The van der Waals surface area contributed by atoms with Gasteiger partial charge in [0.1, 0.15) is 12.1 Å². The van der Waals surface area contributed by atoms with Gasteiger partial charge in [0.05, 0.1) is 23.5 Å². The van der Waals surface area contributed by atoms with E-state index in [2.05, 4.69) is 22.4 Å². The van der Waals surface area contributed by atoms with Crippen molar-refractivity contribution in [3.8, 4) is 11.4 Å². The molecule has 1 aromatic carbocycles. The first-order valence-corrected chi connectivity index (χ1v) is 9.66. The van der Waals surface area contributed by atoms with Crippen LogP contribution in [0.4, 0.5) is 0 Å². The molecule has 4 rings (SSSR count). The number of carbonyl (C=O) groups excluding carboxylic acids is 1. The largest absolute Gasteiger partial charge is 0.507 e. The van der Waals surface area contributed by atoms with E-state index in [1.807, 2.05) is 4.90 Å². The molecule has 2 heterocycles. The maximum absolute atomic E-state index is 13.1. The van der Waals surface area contributed by atoms with E-state index in [1.165, 1.54) is 29.9 Å². The number of aromatic hydroxyl groups is 1. The highest BCUT2D eigenvalue weighted by Gasteiger charge is 2.39. The van der Waals surface area contributed by atoms with E-state index in [-0.39, 0.29) is 23.9 Å². The lowest BCUT2D eigenvalue weighted by molar-refractivity contribution is -0.0874. The quantitative estimate of drug-likeness (QED) is 0.836. The van der Waals surface area contributed by atoms with E-state index in [1.54, 1.807) is 12.1 Å². The molecule has 144 valence electrons. The number of rotatable bonds is 6. The van der Waals surface area contributed by atoms with Crippen LogP contribution in [-0.2, 0) is 4.74 Å². The fraction of sp³-hybridized carbons (Fsp3) is 0.579. The van der Waals surface area contributed by atoms with Gasteiger partial charge < -0.3 is 14.7 Å². The molecule has 1 aromatic heterocycles. The highest BCUT2D eigenvalue weighted by Crippen LogP contribution is 2.37. The Morgan fingerprint density at radius 1 is 1.33 bits per heavy atom. The average molecular weight is 371 g/mol. The number of morpholine rings is 1. The van der Waals surface area contributed by atoms with Crippen LogP contribution in [0.1, 0.15) is 49.4 Å². The van der Waals surface area contributed by atoms with Gasteiger partial charge in [-0.15, -0.1) is 5.10 Å². The SMILES string of the molecule is CCCC[C@@H]1CN(C(=O)c2ccc(-n3cnnn3)cc2O)C[C@H](C2CC2)O1. The van der Waals surface area contributed by atoms with E-state index in [0.717, 1.165) is 19.3 Å². The molecule has 1 aliphatic carbocycles. The van der Waals surface area contributed by atoms with Crippen LogP contribution in [0.15, 0.2) is 24.5 Å². The van der Waals surface area contributed by atoms with Crippen LogP contribution in [-0.4, -0.2) is 61.4 Å². The first kappa shape index (κ1) is 17.9. The number of nitrogens with zero attached hydrogens (tertiary/aromatic N) is 5. The highest BCUT2D eigenvalue weighted by molar-refractivity contribution is 5.97. The van der Waals surface area contributed by atoms with Crippen molar-refractivity contribution in [2.75, 3.05) is 13.1 Å². The van der Waals surface area contributed by atoms with Crippen molar-refractivity contribution in [2.24, 2.45) is 5.92 Å². The molecule has 1 saturated heterocycles. The van der Waals surface area contributed by atoms with Gasteiger partial charge in [-0.3, -0.25) is 4.79 Å². The standard InChI is InChI=1S/C19H25N5O3/c1-2-3-4-15-10-23(11-18(27-15)13-5-6-13)19(26)16-8-7-14(9-17(16)25)24-12-20-21-22-24/h7-9,12-13,15,18,25H,2-6,10-11H2,1H3/t15-,18-/m1/s1. The number of aromatic nitrogens is 4. The number of carbonyl (C=O) groups is 1. The third-order valence-corrected chi connectivity index (χ3v) is 5.33. The highest BCUT2D eigenvalue weighted by atomic mass is 16.5. The Morgan fingerprint density at radius 3 is 2.85 bits per heavy atom. The Labute approximate surface area is 158 Å². The van der Waals surface area contributed by atoms with Crippen LogP contribution >= 0.6 is 0 Å². The molecular weight excluding hydrogens is 346 g/mol. The van der Waals surface area contributed by atoms with Crippen LogP contribution in [0.25, 0.3) is 5.69 Å². The Hall–Kier alpha value is -2.48. The minimum absolute atomic E-state index is 0.0624. The van der Waals surface area contributed by atoms with E-state index in [0.29, 0.717) is 30.3 Å². The number of benzene rings is 1. The third kappa shape index (κ3) is 3.95. The number of tetrazole rings is 1. The molecule has 27 heavy (non-hydrogen) atoms. The second kappa shape index (κ2) is 7.64. The Kier molecular flexibility index (Phi) is 5.07. The number of amides is 1. The van der Waals surface area contributed by atoms with Crippen molar-refractivity contribution >= 4 is 5.91 Å². The molecule has 0 unspecified atom stereocenters. The summed E-state index contributed by atoms with van der Waals surface area (Å²) in [6.07, 6.45) is 7.17. The van der Waals surface area contributed by atoms with Crippen LogP contribution in [0, 0.1) is 5.92 Å². The number of hydrogen-bond acceptors (Lipinski definition) is 6. The summed E-state index contributed by atoms with van der Waals surface area (Å²) in [7, 11) is 0. The summed E-state index contributed by atoms with van der Waals surface area (Å²) in [5.74, 6) is 0.360. The molecule has 1 N–H and O–H groups in total. The first-order chi connectivity index (χ1) is 13.2. The fourth-order valence-electron chi connectivity index (χ4n) is 3.65. The maximum Gasteiger partial charge on any atom is 0.257 e. The van der Waals surface area contributed by atoms with Crippen LogP contribution in [0.5, 0.6) is 5.75 Å². The second-order valence-corrected chi connectivity index (χ2v) is 7.44. The summed E-state index contributed by atoms with van der Waals surface area (Å²) in [5.41, 5.74) is 0.908. The lowest BCUT2D eigenvalue weighted by Gasteiger charge is -2.38. The zero-order valence-corrected chi connectivity index (χ0v) is 15.5. The third-order valence-electron chi connectivity index (χ3n) is 5.33. The van der Waals surface area contributed by atoms with E-state index in [4.69, 9.17) is 4.74 Å². The topological polar surface area (TPSA) is 93.4 Å². The number of unbranched alkanes of at least 4 members (excludes halogenated alkanes) is 1. The molecular formula is C19H25N5O3. The fourth-order valence-corrected chi connectivity index (χ4v) is 3.65. The normalized spacial score (nSPS) is 22.8. The summed E-state index contributed by atoms with van der Waals surface area (Å²) < 4.78 is 7.68. The molecule has 0 bridgehead atoms. The molecule has 2 aliphatic rings. The number of hydrogen-bond donors (Lipinski definition) is 1. The summed E-state index contributed by atoms with van der Waals surface area (Å²) in [5, 5.41) is 21.4. The minimum Gasteiger partial charge on any atom is -0.507 e. The summed E-state index contributed by atoms with van der Waals surface area (Å²) >= 11 is 0. The monoisotopic (exact) mass is 371 g/mol. The lowest BCUT2D eigenvalue weighted by Crippen LogP contribution is -2.50. The van der Waals surface area contributed by atoms with Crippen molar-refractivity contribution in [3.63, 3.8) is 0 Å². The number of phenolic OH excluding ortho intramolecular Hbond substituents is 1. The molecule has 2 aromatic rings. The molecule has 1 amide bonds. The van der Waals surface area contributed by atoms with E-state index < -0.39 is 0 Å². The van der Waals surface area contributed by atoms with Gasteiger partial charge in [0.15, 0.2) is 0 Å².